The number of ether oxygens (including phenoxy) is 2. The summed E-state index contributed by atoms with van der Waals surface area (Å²) in [5, 5.41) is 0. The topological polar surface area (TPSA) is 35.5 Å². The molecule has 0 aliphatic rings. The number of halogens is 2. The Morgan fingerprint density at radius 1 is 1.33 bits per heavy atom. The lowest BCUT2D eigenvalue weighted by Crippen LogP contribution is -2.07. The van der Waals surface area contributed by atoms with Crippen molar-refractivity contribution in [2.45, 2.75) is 0 Å². The van der Waals surface area contributed by atoms with Gasteiger partial charge in [-0.3, -0.25) is 4.79 Å². The van der Waals surface area contributed by atoms with Crippen LogP contribution in [0.2, 0.25) is 0 Å². The molecule has 0 aliphatic heterocycles. The van der Waals surface area contributed by atoms with Gasteiger partial charge in [-0.2, -0.15) is 0 Å². The average Bonchev–Trinajstić information content (AvgIpc) is 2.17. The lowest BCUT2D eigenvalue weighted by molar-refractivity contribution is 0.111. The van der Waals surface area contributed by atoms with Crippen molar-refractivity contribution in [1.29, 1.82) is 0 Å². The summed E-state index contributed by atoms with van der Waals surface area (Å²) < 4.78 is 35.5. The quantitative estimate of drug-likeness (QED) is 0.556. The maximum absolute atomic E-state index is 13.0. The van der Waals surface area contributed by atoms with Crippen LogP contribution in [-0.4, -0.2) is 26.6 Å². The molecule has 82 valence electrons. The van der Waals surface area contributed by atoms with Gasteiger partial charge in [-0.15, -0.1) is 0 Å². The summed E-state index contributed by atoms with van der Waals surface area (Å²) in [6.45, 7) is 0.399. The third-order valence-corrected chi connectivity index (χ3v) is 1.72. The summed E-state index contributed by atoms with van der Waals surface area (Å²) in [5.74, 6) is -1.83. The molecule has 0 saturated heterocycles. The summed E-state index contributed by atoms with van der Waals surface area (Å²) in [7, 11) is 1.47. The van der Waals surface area contributed by atoms with E-state index in [0.29, 0.717) is 6.07 Å². The lowest BCUT2D eigenvalue weighted by Gasteiger charge is -2.08. The highest BCUT2D eigenvalue weighted by molar-refractivity contribution is 5.79. The molecule has 0 unspecified atom stereocenters. The van der Waals surface area contributed by atoms with Gasteiger partial charge in [0, 0.05) is 19.2 Å². The maximum atomic E-state index is 13.0. The van der Waals surface area contributed by atoms with E-state index in [4.69, 9.17) is 9.47 Å². The Labute approximate surface area is 85.6 Å². The van der Waals surface area contributed by atoms with Crippen LogP contribution < -0.4 is 4.74 Å². The molecule has 0 amide bonds. The third kappa shape index (κ3) is 2.99. The van der Waals surface area contributed by atoms with E-state index >= 15 is 0 Å². The summed E-state index contributed by atoms with van der Waals surface area (Å²) in [4.78, 5) is 10.5. The van der Waals surface area contributed by atoms with Gasteiger partial charge >= 0.3 is 0 Å². The minimum Gasteiger partial charge on any atom is -0.490 e. The molecule has 5 heteroatoms. The van der Waals surface area contributed by atoms with E-state index in [9.17, 15) is 13.6 Å². The first kappa shape index (κ1) is 11.6. The molecular formula is C10H10F2O3. The monoisotopic (exact) mass is 216 g/mol. The van der Waals surface area contributed by atoms with Gasteiger partial charge in [-0.05, 0) is 0 Å². The van der Waals surface area contributed by atoms with Gasteiger partial charge in [0.05, 0.1) is 12.2 Å². The van der Waals surface area contributed by atoms with E-state index in [-0.39, 0.29) is 30.8 Å². The Morgan fingerprint density at radius 2 is 2.07 bits per heavy atom. The van der Waals surface area contributed by atoms with Gasteiger partial charge in [0.25, 0.3) is 0 Å². The molecule has 0 bridgehead atoms. The van der Waals surface area contributed by atoms with Gasteiger partial charge in [0.1, 0.15) is 24.0 Å². The summed E-state index contributed by atoms with van der Waals surface area (Å²) in [5.41, 5.74) is -0.285. The molecule has 0 atom stereocenters. The second-order valence-electron chi connectivity index (χ2n) is 2.76. The maximum Gasteiger partial charge on any atom is 0.156 e. The molecule has 0 aromatic heterocycles. The van der Waals surface area contributed by atoms with Crippen LogP contribution in [0.3, 0.4) is 0 Å². The van der Waals surface area contributed by atoms with Crippen LogP contribution in [0.5, 0.6) is 5.75 Å². The van der Waals surface area contributed by atoms with Crippen molar-refractivity contribution in [3.8, 4) is 5.75 Å². The molecule has 0 fully saturated rings. The molecule has 0 N–H and O–H groups in total. The second-order valence-corrected chi connectivity index (χ2v) is 2.76. The van der Waals surface area contributed by atoms with E-state index in [2.05, 4.69) is 0 Å². The highest BCUT2D eigenvalue weighted by Gasteiger charge is 2.11. The zero-order chi connectivity index (χ0) is 11.3. The highest BCUT2D eigenvalue weighted by atomic mass is 19.1. The fourth-order valence-corrected chi connectivity index (χ4v) is 1.03. The van der Waals surface area contributed by atoms with Gasteiger partial charge in [-0.25, -0.2) is 8.78 Å². The number of rotatable bonds is 5. The number of carbonyl (C=O) groups excluding carboxylic acids is 1. The van der Waals surface area contributed by atoms with Crippen molar-refractivity contribution in [1.82, 2.24) is 0 Å². The summed E-state index contributed by atoms with van der Waals surface area (Å²) in [6, 6.07) is 1.59. The van der Waals surface area contributed by atoms with Crippen LogP contribution in [0, 0.1) is 11.6 Å². The molecule has 1 aromatic carbocycles. The predicted octanol–water partition coefficient (Wildman–Crippen LogP) is 1.80. The van der Waals surface area contributed by atoms with Crippen molar-refractivity contribution in [2.75, 3.05) is 20.3 Å². The fraction of sp³-hybridized carbons (Fsp3) is 0.300. The predicted molar refractivity (Wildman–Crippen MR) is 49.1 cm³/mol. The van der Waals surface area contributed by atoms with E-state index in [1.807, 2.05) is 0 Å². The molecule has 0 heterocycles. The number of methoxy groups -OCH3 is 1. The van der Waals surface area contributed by atoms with E-state index in [0.717, 1.165) is 6.07 Å². The summed E-state index contributed by atoms with van der Waals surface area (Å²) in [6.07, 6.45) is 0.289. The van der Waals surface area contributed by atoms with Crippen LogP contribution in [0.4, 0.5) is 8.78 Å². The molecule has 0 radical (unpaired) electrons. The van der Waals surface area contributed by atoms with Crippen LogP contribution in [0.25, 0.3) is 0 Å². The minimum atomic E-state index is -0.933. The molecular weight excluding hydrogens is 206 g/mol. The fourth-order valence-electron chi connectivity index (χ4n) is 1.03. The van der Waals surface area contributed by atoms with Gasteiger partial charge in [-0.1, -0.05) is 0 Å². The molecule has 0 spiro atoms. The van der Waals surface area contributed by atoms with Gasteiger partial charge in [0.15, 0.2) is 6.29 Å². The SMILES string of the molecule is COCCOc1cc(F)cc(F)c1C=O. The zero-order valence-electron chi connectivity index (χ0n) is 8.13. The molecule has 1 rings (SSSR count). The lowest BCUT2D eigenvalue weighted by atomic mass is 10.2. The van der Waals surface area contributed by atoms with Crippen molar-refractivity contribution < 1.29 is 23.0 Å². The number of hydrogen-bond acceptors (Lipinski definition) is 3. The van der Waals surface area contributed by atoms with Crippen LogP contribution in [0.15, 0.2) is 12.1 Å². The second kappa shape index (κ2) is 5.41. The van der Waals surface area contributed by atoms with Crippen LogP contribution in [-0.2, 0) is 4.74 Å². The molecule has 0 saturated carbocycles. The Kier molecular flexibility index (Phi) is 4.17. The standard InChI is InChI=1S/C10H10F2O3/c1-14-2-3-15-10-5-7(11)4-9(12)8(10)6-13/h4-6H,2-3H2,1H3. The van der Waals surface area contributed by atoms with E-state index in [1.165, 1.54) is 7.11 Å². The highest BCUT2D eigenvalue weighted by Crippen LogP contribution is 2.21. The van der Waals surface area contributed by atoms with E-state index < -0.39 is 11.6 Å². The zero-order valence-corrected chi connectivity index (χ0v) is 8.13. The smallest absolute Gasteiger partial charge is 0.156 e. The third-order valence-electron chi connectivity index (χ3n) is 1.72. The van der Waals surface area contributed by atoms with Crippen molar-refractivity contribution >= 4 is 6.29 Å². The first-order valence-corrected chi connectivity index (χ1v) is 4.25. The molecule has 15 heavy (non-hydrogen) atoms. The molecule has 1 aromatic rings. The number of benzene rings is 1. The van der Waals surface area contributed by atoms with Crippen molar-refractivity contribution in [3.63, 3.8) is 0 Å². The Morgan fingerprint density at radius 3 is 2.67 bits per heavy atom. The largest absolute Gasteiger partial charge is 0.490 e. The Bertz CT molecular complexity index is 353. The first-order chi connectivity index (χ1) is 7.19. The normalized spacial score (nSPS) is 10.1. The van der Waals surface area contributed by atoms with Crippen LogP contribution in [0.1, 0.15) is 10.4 Å². The van der Waals surface area contributed by atoms with Gasteiger partial charge in [0.2, 0.25) is 0 Å². The Balaban J connectivity index is 2.88. The van der Waals surface area contributed by atoms with E-state index in [1.54, 1.807) is 0 Å². The van der Waals surface area contributed by atoms with Crippen molar-refractivity contribution in [2.24, 2.45) is 0 Å². The number of aldehydes is 1. The molecule has 0 aliphatic carbocycles. The number of hydrogen-bond donors (Lipinski definition) is 0. The first-order valence-electron chi connectivity index (χ1n) is 4.25. The van der Waals surface area contributed by atoms with Gasteiger partial charge < -0.3 is 9.47 Å². The summed E-state index contributed by atoms with van der Waals surface area (Å²) >= 11 is 0. The Hall–Kier alpha value is -1.49. The van der Waals surface area contributed by atoms with Crippen LogP contribution >= 0.6 is 0 Å². The molecule has 3 nitrogen and oxygen atoms in total. The average molecular weight is 216 g/mol. The van der Waals surface area contributed by atoms with Crippen molar-refractivity contribution in [3.05, 3.63) is 29.3 Å². The number of carbonyl (C=O) groups is 1. The minimum absolute atomic E-state index is 0.112.